The summed E-state index contributed by atoms with van der Waals surface area (Å²) in [6.07, 6.45) is 1.24. The minimum absolute atomic E-state index is 0.108. The van der Waals surface area contributed by atoms with E-state index in [2.05, 4.69) is 15.6 Å². The number of methoxy groups -OCH3 is 1. The van der Waals surface area contributed by atoms with Crippen LogP contribution in [-0.4, -0.2) is 33.4 Å². The molecule has 0 radical (unpaired) electrons. The number of nitrogens with one attached hydrogen (secondary N) is 2. The van der Waals surface area contributed by atoms with Crippen LogP contribution in [0.3, 0.4) is 0 Å². The number of benzene rings is 2. The van der Waals surface area contributed by atoms with Crippen molar-refractivity contribution in [1.82, 2.24) is 9.55 Å². The molecule has 0 saturated carbocycles. The molecule has 0 atom stereocenters. The Labute approximate surface area is 218 Å². The van der Waals surface area contributed by atoms with Crippen LogP contribution in [0.1, 0.15) is 20.8 Å². The topological polar surface area (TPSA) is 145 Å². The lowest BCUT2D eigenvalue weighted by Crippen LogP contribution is -2.28. The van der Waals surface area contributed by atoms with Crippen LogP contribution in [0.15, 0.2) is 47.5 Å². The van der Waals surface area contributed by atoms with Crippen LogP contribution in [0.5, 0.6) is 5.75 Å². The molecule has 0 fully saturated rings. The van der Waals surface area contributed by atoms with Crippen LogP contribution in [0.25, 0.3) is 10.2 Å². The molecule has 11 nitrogen and oxygen atoms in total. The monoisotopic (exact) mass is 541 g/mol. The third-order valence-electron chi connectivity index (χ3n) is 5.54. The molecule has 0 aliphatic carbocycles. The maximum absolute atomic E-state index is 13.2. The Bertz CT molecular complexity index is 1630. The van der Waals surface area contributed by atoms with Crippen molar-refractivity contribution in [3.8, 4) is 5.75 Å². The van der Waals surface area contributed by atoms with Gasteiger partial charge < -0.3 is 15.4 Å². The molecule has 0 unspecified atom stereocenters. The smallest absolute Gasteiger partial charge is 0.271 e. The molecule has 4 aromatic rings. The van der Waals surface area contributed by atoms with E-state index in [9.17, 15) is 24.5 Å². The summed E-state index contributed by atoms with van der Waals surface area (Å²) in [5.41, 5.74) is 1.13. The number of nitro groups is 1. The quantitative estimate of drug-likeness (QED) is 0.258. The van der Waals surface area contributed by atoms with Crippen molar-refractivity contribution in [2.45, 2.75) is 20.4 Å². The fourth-order valence-electron chi connectivity index (χ4n) is 3.60. The Hall–Kier alpha value is -4.29. The molecule has 0 spiro atoms. The molecule has 13 heteroatoms. The predicted molar refractivity (Wildman–Crippen MR) is 141 cm³/mol. The van der Waals surface area contributed by atoms with Gasteiger partial charge in [0.25, 0.3) is 17.2 Å². The molecule has 190 valence electrons. The second-order valence-electron chi connectivity index (χ2n) is 8.02. The third kappa shape index (κ3) is 5.29. The van der Waals surface area contributed by atoms with Gasteiger partial charge in [-0.3, -0.25) is 29.1 Å². The molecule has 37 heavy (non-hydrogen) atoms. The van der Waals surface area contributed by atoms with Crippen LogP contribution in [-0.2, 0) is 11.3 Å². The highest BCUT2D eigenvalue weighted by Gasteiger charge is 2.22. The number of aryl methyl sites for hydroxylation is 2. The highest BCUT2D eigenvalue weighted by atomic mass is 35.5. The van der Waals surface area contributed by atoms with E-state index < -0.39 is 22.3 Å². The lowest BCUT2D eigenvalue weighted by molar-refractivity contribution is -0.384. The molecule has 2 aromatic carbocycles. The Morgan fingerprint density at radius 3 is 2.62 bits per heavy atom. The minimum atomic E-state index is -0.588. The first-order chi connectivity index (χ1) is 17.6. The second-order valence-corrected chi connectivity index (χ2v) is 9.43. The summed E-state index contributed by atoms with van der Waals surface area (Å²) in [5, 5.41) is 17.1. The normalized spacial score (nSPS) is 10.8. The second kappa shape index (κ2) is 10.4. The van der Waals surface area contributed by atoms with Crippen molar-refractivity contribution >= 4 is 62.0 Å². The van der Waals surface area contributed by atoms with Gasteiger partial charge in [0.1, 0.15) is 17.1 Å². The van der Waals surface area contributed by atoms with Crippen molar-refractivity contribution in [2.24, 2.45) is 0 Å². The van der Waals surface area contributed by atoms with Crippen LogP contribution in [0.2, 0.25) is 5.02 Å². The summed E-state index contributed by atoms with van der Waals surface area (Å²) >= 11 is 7.09. The first kappa shape index (κ1) is 25.8. The summed E-state index contributed by atoms with van der Waals surface area (Å²) in [7, 11) is 1.37. The number of rotatable bonds is 7. The van der Waals surface area contributed by atoms with E-state index in [-0.39, 0.29) is 33.9 Å². The van der Waals surface area contributed by atoms with Gasteiger partial charge in [0.2, 0.25) is 5.91 Å². The van der Waals surface area contributed by atoms with Crippen molar-refractivity contribution in [2.75, 3.05) is 17.7 Å². The van der Waals surface area contributed by atoms with Crippen LogP contribution in [0.4, 0.5) is 17.1 Å². The average Bonchev–Trinajstić information content (AvgIpc) is 3.20. The number of amides is 2. The van der Waals surface area contributed by atoms with E-state index >= 15 is 0 Å². The van der Waals surface area contributed by atoms with Gasteiger partial charge in [0, 0.05) is 22.8 Å². The zero-order chi connectivity index (χ0) is 26.9. The van der Waals surface area contributed by atoms with Gasteiger partial charge in [0.05, 0.1) is 34.3 Å². The molecule has 2 aromatic heterocycles. The van der Waals surface area contributed by atoms with Crippen LogP contribution < -0.4 is 20.9 Å². The molecule has 4 rings (SSSR count). The van der Waals surface area contributed by atoms with Crippen molar-refractivity contribution in [1.29, 1.82) is 0 Å². The molecular weight excluding hydrogens is 522 g/mol. The maximum atomic E-state index is 13.2. The number of hydrogen-bond donors (Lipinski definition) is 2. The lowest BCUT2D eigenvalue weighted by Gasteiger charge is -2.09. The number of fused-ring (bicyclic) bond motifs is 1. The van der Waals surface area contributed by atoms with Crippen LogP contribution in [0, 0.1) is 24.0 Å². The van der Waals surface area contributed by atoms with Gasteiger partial charge in [-0.15, -0.1) is 11.3 Å². The molecule has 0 aliphatic rings. The molecule has 2 amide bonds. The van der Waals surface area contributed by atoms with E-state index in [0.29, 0.717) is 21.1 Å². The average molecular weight is 542 g/mol. The van der Waals surface area contributed by atoms with Gasteiger partial charge in [0.15, 0.2) is 0 Å². The number of aromatic nitrogens is 2. The number of nitro benzene ring substituents is 1. The third-order valence-corrected chi connectivity index (χ3v) is 7.14. The number of ether oxygens (including phenoxy) is 1. The van der Waals surface area contributed by atoms with E-state index in [1.54, 1.807) is 25.1 Å². The SMILES string of the molecule is COc1ccc([N+](=O)[O-])cc1NC(=O)c1sc2ncn(CC(=O)Nc3ccc(C)c(Cl)c3)c(=O)c2c1C. The molecule has 0 aliphatic heterocycles. The summed E-state index contributed by atoms with van der Waals surface area (Å²) < 4.78 is 6.34. The number of halogens is 1. The Balaban J connectivity index is 1.60. The number of carbonyl (C=O) groups is 2. The van der Waals surface area contributed by atoms with Crippen molar-refractivity contribution < 1.29 is 19.2 Å². The molecule has 2 N–H and O–H groups in total. The number of carbonyl (C=O) groups excluding carboxylic acids is 2. The maximum Gasteiger partial charge on any atom is 0.271 e. The minimum Gasteiger partial charge on any atom is -0.495 e. The van der Waals surface area contributed by atoms with Gasteiger partial charge in [-0.1, -0.05) is 17.7 Å². The van der Waals surface area contributed by atoms with E-state index in [1.807, 2.05) is 6.92 Å². The zero-order valence-electron chi connectivity index (χ0n) is 19.8. The standard InChI is InChI=1S/C24H20ClN5O6S/c1-12-4-5-14(8-16(12)25)27-19(31)10-29-11-26-23-20(24(29)33)13(2)21(37-23)22(32)28-17-9-15(30(34)35)6-7-18(17)36-3/h4-9,11H,10H2,1-3H3,(H,27,31)(H,28,32). The van der Waals surface area contributed by atoms with E-state index in [0.717, 1.165) is 21.5 Å². The number of hydrogen-bond acceptors (Lipinski definition) is 8. The first-order valence-electron chi connectivity index (χ1n) is 10.8. The van der Waals surface area contributed by atoms with Gasteiger partial charge in [-0.05, 0) is 43.2 Å². The number of non-ortho nitro benzene ring substituents is 1. The number of nitrogens with zero attached hydrogens (tertiary/aromatic N) is 3. The summed E-state index contributed by atoms with van der Waals surface area (Å²) in [4.78, 5) is 54.1. The highest BCUT2D eigenvalue weighted by Crippen LogP contribution is 2.32. The van der Waals surface area contributed by atoms with E-state index in [4.69, 9.17) is 16.3 Å². The lowest BCUT2D eigenvalue weighted by atomic mass is 10.2. The van der Waals surface area contributed by atoms with Gasteiger partial charge >= 0.3 is 0 Å². The van der Waals surface area contributed by atoms with Crippen molar-refractivity contribution in [3.05, 3.63) is 84.2 Å². The number of anilines is 2. The predicted octanol–water partition coefficient (Wildman–Crippen LogP) is 4.54. The largest absolute Gasteiger partial charge is 0.495 e. The molecule has 2 heterocycles. The van der Waals surface area contributed by atoms with Gasteiger partial charge in [-0.25, -0.2) is 4.98 Å². The Morgan fingerprint density at radius 2 is 1.95 bits per heavy atom. The first-order valence-corrected chi connectivity index (χ1v) is 12.0. The van der Waals surface area contributed by atoms with Crippen LogP contribution >= 0.6 is 22.9 Å². The number of thiophene rings is 1. The summed E-state index contributed by atoms with van der Waals surface area (Å²) in [5.74, 6) is -0.801. The fraction of sp³-hybridized carbons (Fsp3) is 0.167. The fourth-order valence-corrected chi connectivity index (χ4v) is 4.82. The molecule has 0 bridgehead atoms. The Morgan fingerprint density at radius 1 is 1.19 bits per heavy atom. The highest BCUT2D eigenvalue weighted by molar-refractivity contribution is 7.20. The van der Waals surface area contributed by atoms with E-state index in [1.165, 1.54) is 31.6 Å². The summed E-state index contributed by atoms with van der Waals surface area (Å²) in [6.45, 7) is 3.14. The Kier molecular flexibility index (Phi) is 7.23. The van der Waals surface area contributed by atoms with Gasteiger partial charge in [-0.2, -0.15) is 0 Å². The summed E-state index contributed by atoms with van der Waals surface area (Å²) in [6, 6.07) is 8.90. The zero-order valence-corrected chi connectivity index (χ0v) is 21.4. The molecule has 0 saturated heterocycles. The van der Waals surface area contributed by atoms with Crippen molar-refractivity contribution in [3.63, 3.8) is 0 Å². The molecular formula is C24H20ClN5O6S.